The smallest absolute Gasteiger partial charge is 0.361 e. The van der Waals surface area contributed by atoms with E-state index in [0.29, 0.717) is 18.3 Å². The summed E-state index contributed by atoms with van der Waals surface area (Å²) in [7, 11) is 0. The maximum absolute atomic E-state index is 12.3. The standard InChI is InChI=1S/C14H19N3O4/c1-2-21-12(20)9-10(18)11(19)17-7-8-4-3-5-14(15,6-8)13(17)16-9/h8,18H,2-7,15H2,1H3. The lowest BCUT2D eigenvalue weighted by atomic mass is 9.73. The summed E-state index contributed by atoms with van der Waals surface area (Å²) in [5.74, 6) is -0.731. The van der Waals surface area contributed by atoms with Crippen molar-refractivity contribution in [2.45, 2.75) is 44.7 Å². The van der Waals surface area contributed by atoms with Gasteiger partial charge < -0.3 is 15.6 Å². The van der Waals surface area contributed by atoms with Crippen LogP contribution in [0.3, 0.4) is 0 Å². The maximum Gasteiger partial charge on any atom is 0.361 e. The van der Waals surface area contributed by atoms with Crippen LogP contribution in [0.1, 0.15) is 48.9 Å². The largest absolute Gasteiger partial charge is 0.501 e. The van der Waals surface area contributed by atoms with E-state index in [1.165, 1.54) is 4.57 Å². The summed E-state index contributed by atoms with van der Waals surface area (Å²) in [6.07, 6.45) is 3.48. The summed E-state index contributed by atoms with van der Waals surface area (Å²) in [6.45, 7) is 2.29. The Hall–Kier alpha value is -1.89. The van der Waals surface area contributed by atoms with Gasteiger partial charge in [-0.15, -0.1) is 0 Å². The number of hydrogen-bond donors (Lipinski definition) is 2. The normalized spacial score (nSPS) is 27.0. The number of aromatic nitrogens is 2. The minimum atomic E-state index is -0.794. The molecule has 3 N–H and O–H groups in total. The van der Waals surface area contributed by atoms with Crippen LogP contribution < -0.4 is 11.3 Å². The molecule has 2 bridgehead atoms. The van der Waals surface area contributed by atoms with Crippen LogP contribution in [0.15, 0.2) is 4.79 Å². The van der Waals surface area contributed by atoms with E-state index in [0.717, 1.165) is 25.7 Å². The number of fused-ring (bicyclic) bond motifs is 4. The number of hydrogen-bond acceptors (Lipinski definition) is 6. The molecule has 3 rings (SSSR count). The fraction of sp³-hybridized carbons (Fsp3) is 0.643. The first-order valence-electron chi connectivity index (χ1n) is 7.26. The van der Waals surface area contributed by atoms with Crippen molar-refractivity contribution in [3.63, 3.8) is 0 Å². The zero-order valence-corrected chi connectivity index (χ0v) is 12.0. The van der Waals surface area contributed by atoms with Gasteiger partial charge in [0.25, 0.3) is 5.56 Å². The van der Waals surface area contributed by atoms with Crippen molar-refractivity contribution in [3.8, 4) is 5.75 Å². The van der Waals surface area contributed by atoms with Crippen LogP contribution in [0.2, 0.25) is 0 Å². The summed E-state index contributed by atoms with van der Waals surface area (Å²) >= 11 is 0. The maximum atomic E-state index is 12.3. The van der Waals surface area contributed by atoms with Gasteiger partial charge in [-0.2, -0.15) is 0 Å². The van der Waals surface area contributed by atoms with E-state index >= 15 is 0 Å². The molecule has 2 atom stereocenters. The molecule has 2 aliphatic rings. The molecule has 1 fully saturated rings. The molecule has 21 heavy (non-hydrogen) atoms. The first kappa shape index (κ1) is 14.1. The van der Waals surface area contributed by atoms with Gasteiger partial charge in [-0.05, 0) is 32.1 Å². The molecule has 1 aliphatic heterocycles. The molecule has 1 saturated carbocycles. The molecular weight excluding hydrogens is 274 g/mol. The first-order chi connectivity index (χ1) is 9.96. The predicted molar refractivity (Wildman–Crippen MR) is 73.9 cm³/mol. The van der Waals surface area contributed by atoms with Crippen molar-refractivity contribution < 1.29 is 14.6 Å². The number of carbonyl (C=O) groups is 1. The Kier molecular flexibility index (Phi) is 3.24. The second-order valence-corrected chi connectivity index (χ2v) is 5.89. The Morgan fingerprint density at radius 1 is 1.62 bits per heavy atom. The van der Waals surface area contributed by atoms with Gasteiger partial charge >= 0.3 is 5.97 Å². The fourth-order valence-electron chi connectivity index (χ4n) is 3.48. The number of ether oxygens (including phenoxy) is 1. The van der Waals surface area contributed by atoms with Crippen LogP contribution in [-0.2, 0) is 16.8 Å². The highest BCUT2D eigenvalue weighted by Crippen LogP contribution is 2.41. The molecule has 114 valence electrons. The molecule has 0 amide bonds. The lowest BCUT2D eigenvalue weighted by molar-refractivity contribution is 0.0511. The van der Waals surface area contributed by atoms with E-state index < -0.39 is 22.8 Å². The highest BCUT2D eigenvalue weighted by atomic mass is 16.5. The Morgan fingerprint density at radius 2 is 2.38 bits per heavy atom. The lowest BCUT2D eigenvalue weighted by Crippen LogP contribution is -2.52. The number of esters is 1. The molecule has 1 aliphatic carbocycles. The Balaban J connectivity index is 2.17. The minimum absolute atomic E-state index is 0.147. The van der Waals surface area contributed by atoms with Gasteiger partial charge in [-0.25, -0.2) is 9.78 Å². The van der Waals surface area contributed by atoms with Crippen LogP contribution in [0.4, 0.5) is 0 Å². The van der Waals surface area contributed by atoms with E-state index in [9.17, 15) is 14.7 Å². The highest BCUT2D eigenvalue weighted by Gasteiger charge is 2.43. The molecule has 1 aromatic heterocycles. The quantitative estimate of drug-likeness (QED) is 0.768. The van der Waals surface area contributed by atoms with Gasteiger partial charge in [0.15, 0.2) is 5.69 Å². The van der Waals surface area contributed by atoms with E-state index in [4.69, 9.17) is 10.5 Å². The third kappa shape index (κ3) is 2.12. The third-order valence-electron chi connectivity index (χ3n) is 4.39. The molecule has 0 aromatic carbocycles. The fourth-order valence-corrected chi connectivity index (χ4v) is 3.48. The molecule has 0 saturated heterocycles. The van der Waals surface area contributed by atoms with Crippen molar-refractivity contribution in [3.05, 3.63) is 21.9 Å². The van der Waals surface area contributed by atoms with Crippen molar-refractivity contribution in [1.82, 2.24) is 9.55 Å². The van der Waals surface area contributed by atoms with Crippen LogP contribution in [0.25, 0.3) is 0 Å². The average molecular weight is 293 g/mol. The van der Waals surface area contributed by atoms with Crippen LogP contribution >= 0.6 is 0 Å². The minimum Gasteiger partial charge on any atom is -0.501 e. The Bertz CT molecular complexity index is 654. The number of aromatic hydroxyl groups is 1. The van der Waals surface area contributed by atoms with Crippen molar-refractivity contribution >= 4 is 5.97 Å². The molecule has 1 aromatic rings. The monoisotopic (exact) mass is 293 g/mol. The van der Waals surface area contributed by atoms with Crippen LogP contribution in [0.5, 0.6) is 5.75 Å². The first-order valence-corrected chi connectivity index (χ1v) is 7.26. The average Bonchev–Trinajstić information content (AvgIpc) is 2.43. The third-order valence-corrected chi connectivity index (χ3v) is 4.39. The molecule has 0 spiro atoms. The molecule has 0 radical (unpaired) electrons. The summed E-state index contributed by atoms with van der Waals surface area (Å²) < 4.78 is 6.26. The number of rotatable bonds is 2. The van der Waals surface area contributed by atoms with Gasteiger partial charge in [0.1, 0.15) is 5.82 Å². The van der Waals surface area contributed by atoms with Crippen LogP contribution in [0, 0.1) is 5.92 Å². The second-order valence-electron chi connectivity index (χ2n) is 5.89. The van der Waals surface area contributed by atoms with E-state index in [1.54, 1.807) is 6.92 Å². The van der Waals surface area contributed by atoms with Crippen molar-refractivity contribution in [2.24, 2.45) is 11.7 Å². The SMILES string of the molecule is CCOC(=O)c1nc2n(c(=O)c1O)CC1CCCC2(N)C1. The number of nitrogens with two attached hydrogens (primary N) is 1. The van der Waals surface area contributed by atoms with Crippen molar-refractivity contribution in [1.29, 1.82) is 0 Å². The molecule has 2 heterocycles. The lowest BCUT2D eigenvalue weighted by Gasteiger charge is -2.43. The van der Waals surface area contributed by atoms with Gasteiger partial charge in [0, 0.05) is 6.54 Å². The van der Waals surface area contributed by atoms with E-state index in [1.807, 2.05) is 0 Å². The number of nitrogens with zero attached hydrogens (tertiary/aromatic N) is 2. The van der Waals surface area contributed by atoms with E-state index in [-0.39, 0.29) is 12.3 Å². The predicted octanol–water partition coefficient (Wildman–Crippen LogP) is 0.483. The van der Waals surface area contributed by atoms with E-state index in [2.05, 4.69) is 4.98 Å². The summed E-state index contributed by atoms with van der Waals surface area (Å²) in [5, 5.41) is 9.96. The zero-order valence-electron chi connectivity index (χ0n) is 12.0. The topological polar surface area (TPSA) is 107 Å². The van der Waals surface area contributed by atoms with Crippen LogP contribution in [-0.4, -0.2) is 27.2 Å². The zero-order chi connectivity index (χ0) is 15.2. The molecule has 7 heteroatoms. The summed E-state index contributed by atoms with van der Waals surface area (Å²) in [6, 6.07) is 0. The molecular formula is C14H19N3O4. The second kappa shape index (κ2) is 4.84. The van der Waals surface area contributed by atoms with Gasteiger partial charge in [0.2, 0.25) is 5.75 Å². The van der Waals surface area contributed by atoms with Gasteiger partial charge in [-0.3, -0.25) is 9.36 Å². The summed E-state index contributed by atoms with van der Waals surface area (Å²) in [4.78, 5) is 28.4. The summed E-state index contributed by atoms with van der Waals surface area (Å²) in [5.41, 5.74) is 4.78. The van der Waals surface area contributed by atoms with Gasteiger partial charge in [0.05, 0.1) is 12.1 Å². The Labute approximate surface area is 121 Å². The Morgan fingerprint density at radius 3 is 3.10 bits per heavy atom. The molecule has 2 unspecified atom stereocenters. The molecule has 7 nitrogen and oxygen atoms in total. The van der Waals surface area contributed by atoms with Gasteiger partial charge in [-0.1, -0.05) is 6.42 Å². The van der Waals surface area contributed by atoms with Crippen molar-refractivity contribution in [2.75, 3.05) is 6.61 Å². The highest BCUT2D eigenvalue weighted by molar-refractivity contribution is 5.90. The number of carbonyl (C=O) groups excluding carboxylic acids is 1.